The molecule has 0 atom stereocenters. The lowest BCUT2D eigenvalue weighted by Crippen LogP contribution is -2.30. The maximum atomic E-state index is 13.4. The van der Waals surface area contributed by atoms with E-state index in [0.29, 0.717) is 27.0 Å². The number of aromatic nitrogens is 1. The van der Waals surface area contributed by atoms with Crippen molar-refractivity contribution in [3.63, 3.8) is 0 Å². The largest absolute Gasteiger partial charge is 0.321 e. The monoisotopic (exact) mass is 632 g/mol. The number of halogens is 2. The van der Waals surface area contributed by atoms with Crippen molar-refractivity contribution in [2.75, 3.05) is 16.4 Å². The SMILES string of the molecule is O=C(CSc1cccc(NC(=O)/C(=C\c2cccc(Cl)c2Cl)NC(=O)c2ccccc2)c1)Nc1nc2ccccc2s1. The number of hydrogen-bond acceptors (Lipinski definition) is 6. The third-order valence-electron chi connectivity index (χ3n) is 5.81. The van der Waals surface area contributed by atoms with Crippen LogP contribution < -0.4 is 16.0 Å². The molecule has 0 radical (unpaired) electrons. The van der Waals surface area contributed by atoms with Gasteiger partial charge in [0.25, 0.3) is 11.8 Å². The summed E-state index contributed by atoms with van der Waals surface area (Å²) in [6.45, 7) is 0. The number of nitrogens with one attached hydrogen (secondary N) is 3. The van der Waals surface area contributed by atoms with Gasteiger partial charge in [-0.05, 0) is 60.2 Å². The van der Waals surface area contributed by atoms with E-state index in [1.54, 1.807) is 66.7 Å². The van der Waals surface area contributed by atoms with Crippen LogP contribution in [-0.4, -0.2) is 28.5 Å². The fourth-order valence-electron chi connectivity index (χ4n) is 3.82. The highest BCUT2D eigenvalue weighted by molar-refractivity contribution is 8.00. The molecule has 11 heteroatoms. The van der Waals surface area contributed by atoms with Gasteiger partial charge in [0.15, 0.2) is 5.13 Å². The van der Waals surface area contributed by atoms with Gasteiger partial charge in [-0.25, -0.2) is 4.98 Å². The van der Waals surface area contributed by atoms with Crippen LogP contribution in [0, 0.1) is 0 Å². The minimum Gasteiger partial charge on any atom is -0.321 e. The van der Waals surface area contributed by atoms with Crippen molar-refractivity contribution in [1.82, 2.24) is 10.3 Å². The summed E-state index contributed by atoms with van der Waals surface area (Å²) in [4.78, 5) is 44.0. The molecule has 0 fully saturated rings. The summed E-state index contributed by atoms with van der Waals surface area (Å²) >= 11 is 15.2. The predicted molar refractivity (Wildman–Crippen MR) is 172 cm³/mol. The van der Waals surface area contributed by atoms with E-state index >= 15 is 0 Å². The number of amides is 3. The molecule has 42 heavy (non-hydrogen) atoms. The van der Waals surface area contributed by atoms with E-state index < -0.39 is 11.8 Å². The Hall–Kier alpha value is -4.15. The van der Waals surface area contributed by atoms with Gasteiger partial charge in [-0.3, -0.25) is 14.4 Å². The first-order chi connectivity index (χ1) is 20.4. The number of hydrogen-bond donors (Lipinski definition) is 3. The average molecular weight is 634 g/mol. The summed E-state index contributed by atoms with van der Waals surface area (Å²) < 4.78 is 0.995. The zero-order valence-corrected chi connectivity index (χ0v) is 24.9. The molecule has 0 aliphatic carbocycles. The van der Waals surface area contributed by atoms with Gasteiger partial charge in [0, 0.05) is 16.1 Å². The Bertz CT molecular complexity index is 1780. The first-order valence-electron chi connectivity index (χ1n) is 12.6. The maximum absolute atomic E-state index is 13.4. The molecule has 5 aromatic rings. The number of carbonyl (C=O) groups is 3. The zero-order chi connectivity index (χ0) is 29.5. The van der Waals surface area contributed by atoms with E-state index in [4.69, 9.17) is 23.2 Å². The molecule has 5 rings (SSSR count). The minimum absolute atomic E-state index is 0.0266. The Labute approximate surface area is 260 Å². The topological polar surface area (TPSA) is 100 Å². The molecule has 3 N–H and O–H groups in total. The van der Waals surface area contributed by atoms with E-state index in [9.17, 15) is 14.4 Å². The van der Waals surface area contributed by atoms with Gasteiger partial charge >= 0.3 is 0 Å². The molecule has 0 saturated heterocycles. The molecular weight excluding hydrogens is 611 g/mol. The fraction of sp³-hybridized carbons (Fsp3) is 0.0323. The van der Waals surface area contributed by atoms with Crippen molar-refractivity contribution in [3.8, 4) is 0 Å². The molecule has 210 valence electrons. The van der Waals surface area contributed by atoms with Crippen LogP contribution >= 0.6 is 46.3 Å². The Morgan fingerprint density at radius 2 is 1.62 bits per heavy atom. The highest BCUT2D eigenvalue weighted by atomic mass is 35.5. The second-order valence-corrected chi connectivity index (χ2v) is 11.7. The second-order valence-electron chi connectivity index (χ2n) is 8.83. The molecular formula is C31H22Cl2N4O3S2. The van der Waals surface area contributed by atoms with E-state index in [0.717, 1.165) is 15.1 Å². The smallest absolute Gasteiger partial charge is 0.272 e. The van der Waals surface area contributed by atoms with E-state index in [2.05, 4.69) is 20.9 Å². The average Bonchev–Trinajstić information content (AvgIpc) is 3.41. The fourth-order valence-corrected chi connectivity index (χ4v) is 5.82. The number of carbonyl (C=O) groups excluding carboxylic acids is 3. The van der Waals surface area contributed by atoms with Crippen molar-refractivity contribution < 1.29 is 14.4 Å². The van der Waals surface area contributed by atoms with Crippen LogP contribution in [0.5, 0.6) is 0 Å². The predicted octanol–water partition coefficient (Wildman–Crippen LogP) is 7.74. The Kier molecular flexibility index (Phi) is 9.55. The Balaban J connectivity index is 1.28. The molecule has 0 aliphatic heterocycles. The van der Waals surface area contributed by atoms with Gasteiger partial charge in [0.1, 0.15) is 5.70 Å². The molecule has 1 aromatic heterocycles. The van der Waals surface area contributed by atoms with Gasteiger partial charge in [-0.2, -0.15) is 0 Å². The molecule has 0 unspecified atom stereocenters. The van der Waals surface area contributed by atoms with Crippen LogP contribution in [-0.2, 0) is 9.59 Å². The zero-order valence-electron chi connectivity index (χ0n) is 21.8. The third kappa shape index (κ3) is 7.57. The van der Waals surface area contributed by atoms with Crippen LogP contribution in [0.2, 0.25) is 10.0 Å². The lowest BCUT2D eigenvalue weighted by Gasteiger charge is -2.13. The standard InChI is InChI=1S/C31H22Cl2N4O3S2/c32-23-13-6-10-20(28(23)33)16-25(35-29(39)19-8-2-1-3-9-19)30(40)34-21-11-7-12-22(17-21)41-18-27(38)37-31-36-24-14-4-5-15-26(24)42-31/h1-17H,18H2,(H,34,40)(H,35,39)(H,36,37,38)/b25-16+. The summed E-state index contributed by atoms with van der Waals surface area (Å²) in [5.74, 6) is -1.07. The lowest BCUT2D eigenvalue weighted by atomic mass is 10.1. The van der Waals surface area contributed by atoms with Crippen molar-refractivity contribution >= 4 is 91.1 Å². The molecule has 7 nitrogen and oxygen atoms in total. The molecule has 0 spiro atoms. The van der Waals surface area contributed by atoms with Gasteiger partial charge in [0.2, 0.25) is 5.91 Å². The van der Waals surface area contributed by atoms with E-state index in [-0.39, 0.29) is 22.4 Å². The second kappa shape index (κ2) is 13.7. The van der Waals surface area contributed by atoms with Crippen molar-refractivity contribution in [2.45, 2.75) is 4.90 Å². The van der Waals surface area contributed by atoms with Gasteiger partial charge in [-0.1, -0.05) is 83.1 Å². The van der Waals surface area contributed by atoms with Crippen LogP contribution in [0.25, 0.3) is 16.3 Å². The molecule has 4 aromatic carbocycles. The highest BCUT2D eigenvalue weighted by Gasteiger charge is 2.17. The number of nitrogens with zero attached hydrogens (tertiary/aromatic N) is 1. The number of benzene rings is 4. The molecule has 0 bridgehead atoms. The number of para-hydroxylation sites is 1. The van der Waals surface area contributed by atoms with Gasteiger partial charge < -0.3 is 16.0 Å². The maximum Gasteiger partial charge on any atom is 0.272 e. The molecule has 3 amide bonds. The highest BCUT2D eigenvalue weighted by Crippen LogP contribution is 2.28. The first kappa shape index (κ1) is 29.3. The number of thioether (sulfide) groups is 1. The number of rotatable bonds is 9. The van der Waals surface area contributed by atoms with Crippen molar-refractivity contribution in [1.29, 1.82) is 0 Å². The normalized spacial score (nSPS) is 11.2. The minimum atomic E-state index is -0.564. The molecule has 0 aliphatic rings. The number of thiazole rings is 1. The van der Waals surface area contributed by atoms with Crippen LogP contribution in [0.1, 0.15) is 15.9 Å². The molecule has 1 heterocycles. The van der Waals surface area contributed by atoms with Gasteiger partial charge in [0.05, 0.1) is 26.0 Å². The lowest BCUT2D eigenvalue weighted by molar-refractivity contribution is -0.114. The van der Waals surface area contributed by atoms with E-state index in [1.807, 2.05) is 30.3 Å². The summed E-state index contributed by atoms with van der Waals surface area (Å²) in [6, 6.07) is 28.3. The van der Waals surface area contributed by atoms with Crippen molar-refractivity contribution in [3.05, 3.63) is 124 Å². The van der Waals surface area contributed by atoms with Gasteiger partial charge in [-0.15, -0.1) is 11.8 Å². The van der Waals surface area contributed by atoms with Crippen LogP contribution in [0.4, 0.5) is 10.8 Å². The summed E-state index contributed by atoms with van der Waals surface area (Å²) in [5.41, 5.74) is 2.14. The van der Waals surface area contributed by atoms with Crippen LogP contribution in [0.3, 0.4) is 0 Å². The van der Waals surface area contributed by atoms with Crippen molar-refractivity contribution in [2.24, 2.45) is 0 Å². The number of anilines is 2. The summed E-state index contributed by atoms with van der Waals surface area (Å²) in [7, 11) is 0. The Morgan fingerprint density at radius 3 is 2.43 bits per heavy atom. The number of fused-ring (bicyclic) bond motifs is 1. The Morgan fingerprint density at radius 1 is 0.857 bits per heavy atom. The first-order valence-corrected chi connectivity index (χ1v) is 15.1. The third-order valence-corrected chi connectivity index (χ3v) is 8.59. The summed E-state index contributed by atoms with van der Waals surface area (Å²) in [5, 5.41) is 9.44. The van der Waals surface area contributed by atoms with Crippen LogP contribution in [0.15, 0.2) is 108 Å². The summed E-state index contributed by atoms with van der Waals surface area (Å²) in [6.07, 6.45) is 1.47. The quantitative estimate of drug-likeness (QED) is 0.114. The van der Waals surface area contributed by atoms with E-state index in [1.165, 1.54) is 29.2 Å². The molecule has 0 saturated carbocycles.